The maximum absolute atomic E-state index is 13.5. The molecule has 1 heterocycles. The van der Waals surface area contributed by atoms with Gasteiger partial charge in [-0.25, -0.2) is 4.39 Å². The number of aliphatic hydroxyl groups excluding tert-OH is 1. The first kappa shape index (κ1) is 22.7. The van der Waals surface area contributed by atoms with Crippen LogP contribution in [0.5, 0.6) is 5.75 Å². The molecule has 0 spiro atoms. The predicted octanol–water partition coefficient (Wildman–Crippen LogP) is 3.65. The standard InChI is InChI=1S/C24H29FN2O4/c1-15(2)31-22-10-17(8-9-21(22)16(3)28)18-11-23(29)27(13-18)14-24(30)26(4)20-7-5-6-19(25)12-20/h5-10,12,15-16,18,28H,11,13-14H2,1-4H3/t16?,18-/m1/s1. The molecule has 1 fully saturated rings. The number of carbonyl (C=O) groups is 2. The second-order valence-corrected chi connectivity index (χ2v) is 8.25. The molecule has 0 bridgehead atoms. The molecule has 31 heavy (non-hydrogen) atoms. The van der Waals surface area contributed by atoms with Crippen molar-refractivity contribution in [3.8, 4) is 5.75 Å². The Kier molecular flexibility index (Phi) is 6.95. The molecular formula is C24H29FN2O4. The Labute approximate surface area is 182 Å². The zero-order valence-electron chi connectivity index (χ0n) is 18.3. The summed E-state index contributed by atoms with van der Waals surface area (Å²) in [6, 6.07) is 11.4. The Morgan fingerprint density at radius 2 is 2.00 bits per heavy atom. The minimum absolute atomic E-state index is 0.0505. The summed E-state index contributed by atoms with van der Waals surface area (Å²) in [7, 11) is 1.57. The molecule has 7 heteroatoms. The van der Waals surface area contributed by atoms with E-state index in [0.717, 1.165) is 5.56 Å². The van der Waals surface area contributed by atoms with Crippen molar-refractivity contribution in [1.82, 2.24) is 4.90 Å². The number of likely N-dealkylation sites (tertiary alicyclic amines) is 1. The van der Waals surface area contributed by atoms with E-state index in [-0.39, 0.29) is 30.4 Å². The van der Waals surface area contributed by atoms with E-state index in [2.05, 4.69) is 0 Å². The van der Waals surface area contributed by atoms with Crippen molar-refractivity contribution in [1.29, 1.82) is 0 Å². The van der Waals surface area contributed by atoms with Gasteiger partial charge in [0.1, 0.15) is 18.1 Å². The van der Waals surface area contributed by atoms with Crippen LogP contribution < -0.4 is 9.64 Å². The Hall–Kier alpha value is -2.93. The van der Waals surface area contributed by atoms with Crippen molar-refractivity contribution in [2.45, 2.75) is 45.3 Å². The van der Waals surface area contributed by atoms with Gasteiger partial charge in [-0.2, -0.15) is 0 Å². The summed E-state index contributed by atoms with van der Waals surface area (Å²) in [5.74, 6) is -0.271. The highest BCUT2D eigenvalue weighted by Crippen LogP contribution is 2.34. The number of halogens is 1. The lowest BCUT2D eigenvalue weighted by molar-refractivity contribution is -0.132. The number of hydrogen-bond donors (Lipinski definition) is 1. The van der Waals surface area contributed by atoms with Crippen LogP contribution in [0, 0.1) is 5.82 Å². The zero-order chi connectivity index (χ0) is 22.7. The van der Waals surface area contributed by atoms with Gasteiger partial charge in [-0.3, -0.25) is 9.59 Å². The van der Waals surface area contributed by atoms with E-state index in [1.54, 1.807) is 26.1 Å². The Balaban J connectivity index is 1.72. The molecule has 1 aliphatic heterocycles. The second kappa shape index (κ2) is 9.47. The van der Waals surface area contributed by atoms with Crippen LogP contribution in [0.25, 0.3) is 0 Å². The minimum Gasteiger partial charge on any atom is -0.491 e. The number of likely N-dealkylation sites (N-methyl/N-ethyl adjacent to an activating group) is 1. The van der Waals surface area contributed by atoms with Gasteiger partial charge < -0.3 is 19.6 Å². The molecule has 0 radical (unpaired) electrons. The van der Waals surface area contributed by atoms with Gasteiger partial charge in [-0.05, 0) is 50.6 Å². The predicted molar refractivity (Wildman–Crippen MR) is 117 cm³/mol. The summed E-state index contributed by atoms with van der Waals surface area (Å²) in [6.45, 7) is 5.87. The van der Waals surface area contributed by atoms with Crippen LogP contribution in [0.4, 0.5) is 10.1 Å². The fraction of sp³-hybridized carbons (Fsp3) is 0.417. The molecule has 0 aromatic heterocycles. The van der Waals surface area contributed by atoms with Crippen LogP contribution in [-0.4, -0.2) is 48.1 Å². The van der Waals surface area contributed by atoms with Crippen molar-refractivity contribution < 1.29 is 23.8 Å². The molecule has 0 aliphatic carbocycles. The molecule has 6 nitrogen and oxygen atoms in total. The van der Waals surface area contributed by atoms with Crippen LogP contribution in [0.3, 0.4) is 0 Å². The number of carbonyl (C=O) groups excluding carboxylic acids is 2. The number of anilines is 1. The van der Waals surface area contributed by atoms with Gasteiger partial charge >= 0.3 is 0 Å². The average molecular weight is 429 g/mol. The van der Waals surface area contributed by atoms with Crippen molar-refractivity contribution in [3.05, 3.63) is 59.4 Å². The first-order valence-corrected chi connectivity index (χ1v) is 10.4. The van der Waals surface area contributed by atoms with Crippen molar-refractivity contribution in [2.24, 2.45) is 0 Å². The zero-order valence-corrected chi connectivity index (χ0v) is 18.3. The van der Waals surface area contributed by atoms with E-state index in [9.17, 15) is 19.1 Å². The molecule has 0 saturated carbocycles. The van der Waals surface area contributed by atoms with Crippen LogP contribution in [-0.2, 0) is 9.59 Å². The van der Waals surface area contributed by atoms with Crippen molar-refractivity contribution >= 4 is 17.5 Å². The summed E-state index contributed by atoms with van der Waals surface area (Å²) >= 11 is 0. The number of amides is 2. The average Bonchev–Trinajstić information content (AvgIpc) is 3.07. The van der Waals surface area contributed by atoms with Gasteiger partial charge in [0.25, 0.3) is 0 Å². The van der Waals surface area contributed by atoms with Crippen LogP contribution >= 0.6 is 0 Å². The van der Waals surface area contributed by atoms with E-state index in [1.165, 1.54) is 21.9 Å². The molecule has 2 aromatic rings. The third kappa shape index (κ3) is 5.41. The third-order valence-electron chi connectivity index (χ3n) is 5.43. The highest BCUT2D eigenvalue weighted by molar-refractivity contribution is 5.96. The number of benzene rings is 2. The monoisotopic (exact) mass is 428 g/mol. The van der Waals surface area contributed by atoms with E-state index < -0.39 is 11.9 Å². The molecule has 3 rings (SSSR count). The number of ether oxygens (including phenoxy) is 1. The Morgan fingerprint density at radius 3 is 2.65 bits per heavy atom. The molecule has 1 N–H and O–H groups in total. The Bertz CT molecular complexity index is 960. The lowest BCUT2D eigenvalue weighted by atomic mass is 9.95. The largest absolute Gasteiger partial charge is 0.491 e. The molecule has 1 unspecified atom stereocenters. The highest BCUT2D eigenvalue weighted by Gasteiger charge is 2.33. The van der Waals surface area contributed by atoms with E-state index in [0.29, 0.717) is 30.0 Å². The van der Waals surface area contributed by atoms with Gasteiger partial charge in [-0.15, -0.1) is 0 Å². The van der Waals surface area contributed by atoms with Gasteiger partial charge in [0, 0.05) is 37.2 Å². The van der Waals surface area contributed by atoms with Gasteiger partial charge in [0.05, 0.1) is 12.2 Å². The summed E-state index contributed by atoms with van der Waals surface area (Å²) in [5, 5.41) is 10.0. The quantitative estimate of drug-likeness (QED) is 0.731. The van der Waals surface area contributed by atoms with E-state index >= 15 is 0 Å². The van der Waals surface area contributed by atoms with Gasteiger partial charge in [-0.1, -0.05) is 18.2 Å². The van der Waals surface area contributed by atoms with Crippen LogP contribution in [0.1, 0.15) is 50.3 Å². The Morgan fingerprint density at radius 1 is 1.26 bits per heavy atom. The van der Waals surface area contributed by atoms with Gasteiger partial charge in [0.15, 0.2) is 0 Å². The number of rotatable bonds is 7. The fourth-order valence-electron chi connectivity index (χ4n) is 3.75. The van der Waals surface area contributed by atoms with E-state index in [4.69, 9.17) is 4.74 Å². The third-order valence-corrected chi connectivity index (χ3v) is 5.43. The topological polar surface area (TPSA) is 70.1 Å². The number of aliphatic hydroxyl groups is 1. The molecular weight excluding hydrogens is 399 g/mol. The normalized spacial score (nSPS) is 17.2. The smallest absolute Gasteiger partial charge is 0.246 e. The SMILES string of the molecule is CC(C)Oc1cc([C@@H]2CC(=O)N(CC(=O)N(C)c3cccc(F)c3)C2)ccc1C(C)O. The van der Waals surface area contributed by atoms with Gasteiger partial charge in [0.2, 0.25) is 11.8 Å². The van der Waals surface area contributed by atoms with Crippen LogP contribution in [0.15, 0.2) is 42.5 Å². The lowest BCUT2D eigenvalue weighted by Gasteiger charge is -2.22. The highest BCUT2D eigenvalue weighted by atomic mass is 19.1. The summed E-state index contributed by atoms with van der Waals surface area (Å²) in [4.78, 5) is 28.1. The fourth-order valence-corrected chi connectivity index (χ4v) is 3.75. The van der Waals surface area contributed by atoms with Crippen molar-refractivity contribution in [2.75, 3.05) is 25.0 Å². The molecule has 2 atom stereocenters. The maximum Gasteiger partial charge on any atom is 0.246 e. The first-order valence-electron chi connectivity index (χ1n) is 10.4. The lowest BCUT2D eigenvalue weighted by Crippen LogP contribution is -2.39. The van der Waals surface area contributed by atoms with E-state index in [1.807, 2.05) is 32.0 Å². The number of nitrogens with zero attached hydrogens (tertiary/aromatic N) is 2. The summed E-state index contributed by atoms with van der Waals surface area (Å²) in [6.07, 6.45) is -0.419. The number of hydrogen-bond acceptors (Lipinski definition) is 4. The minimum atomic E-state index is -0.666. The summed E-state index contributed by atoms with van der Waals surface area (Å²) < 4.78 is 19.3. The van der Waals surface area contributed by atoms with Crippen LogP contribution in [0.2, 0.25) is 0 Å². The molecule has 1 saturated heterocycles. The van der Waals surface area contributed by atoms with Crippen molar-refractivity contribution in [3.63, 3.8) is 0 Å². The second-order valence-electron chi connectivity index (χ2n) is 8.25. The molecule has 2 aromatic carbocycles. The summed E-state index contributed by atoms with van der Waals surface area (Å²) in [5.41, 5.74) is 2.07. The molecule has 1 aliphatic rings. The first-order chi connectivity index (χ1) is 14.7. The molecule has 166 valence electrons. The molecule has 2 amide bonds. The maximum atomic E-state index is 13.5.